The van der Waals surface area contributed by atoms with Gasteiger partial charge in [0.1, 0.15) is 0 Å². The molecule has 0 aliphatic rings. The van der Waals surface area contributed by atoms with Crippen LogP contribution in [0.25, 0.3) is 0 Å². The quantitative estimate of drug-likeness (QED) is 0.749. The maximum atomic E-state index is 11.6. The summed E-state index contributed by atoms with van der Waals surface area (Å²) in [5, 5.41) is 14.7. The van der Waals surface area contributed by atoms with Crippen molar-refractivity contribution in [1.82, 2.24) is 5.32 Å². The van der Waals surface area contributed by atoms with Crippen molar-refractivity contribution in [3.05, 3.63) is 29.8 Å². The Balaban J connectivity index is 2.38. The fourth-order valence-electron chi connectivity index (χ4n) is 1.38. The van der Waals surface area contributed by atoms with Crippen LogP contribution >= 0.6 is 11.8 Å². The zero-order valence-corrected chi connectivity index (χ0v) is 11.8. The van der Waals surface area contributed by atoms with Crippen molar-refractivity contribution in [2.45, 2.75) is 18.6 Å². The first kappa shape index (κ1) is 15.4. The normalized spacial score (nSPS) is 11.7. The highest BCUT2D eigenvalue weighted by Crippen LogP contribution is 2.10. The number of thioether (sulfide) groups is 1. The summed E-state index contributed by atoms with van der Waals surface area (Å²) in [6, 6.07) is 5.75. The number of amides is 2. The third-order valence-corrected chi connectivity index (χ3v) is 3.67. The van der Waals surface area contributed by atoms with Gasteiger partial charge in [-0.3, -0.25) is 0 Å². The third kappa shape index (κ3) is 5.65. The van der Waals surface area contributed by atoms with Crippen LogP contribution in [0.1, 0.15) is 23.7 Å². The SMILES string of the molecule is CSC(C)CCNC(=O)Nc1ccc(C(=O)O)cc1. The summed E-state index contributed by atoms with van der Waals surface area (Å²) in [6.07, 6.45) is 2.95. The number of nitrogens with one attached hydrogen (secondary N) is 2. The van der Waals surface area contributed by atoms with Crippen molar-refractivity contribution in [2.75, 3.05) is 18.1 Å². The summed E-state index contributed by atoms with van der Waals surface area (Å²) in [5.74, 6) is -0.984. The second-order valence-electron chi connectivity index (χ2n) is 4.10. The van der Waals surface area contributed by atoms with E-state index >= 15 is 0 Å². The van der Waals surface area contributed by atoms with E-state index in [2.05, 4.69) is 17.6 Å². The molecular weight excluding hydrogens is 264 g/mol. The van der Waals surface area contributed by atoms with Gasteiger partial charge in [-0.2, -0.15) is 11.8 Å². The molecular formula is C13H18N2O3S. The van der Waals surface area contributed by atoms with Crippen molar-refractivity contribution < 1.29 is 14.7 Å². The van der Waals surface area contributed by atoms with Gasteiger partial charge < -0.3 is 15.7 Å². The molecule has 0 radical (unpaired) electrons. The lowest BCUT2D eigenvalue weighted by Crippen LogP contribution is -2.30. The number of anilines is 1. The van der Waals surface area contributed by atoms with Crippen LogP contribution in [0.3, 0.4) is 0 Å². The standard InChI is InChI=1S/C13H18N2O3S/c1-9(19-2)7-8-14-13(18)15-11-5-3-10(4-6-11)12(16)17/h3-6,9H,7-8H2,1-2H3,(H,16,17)(H2,14,15,18). The van der Waals surface area contributed by atoms with Crippen LogP contribution < -0.4 is 10.6 Å². The van der Waals surface area contributed by atoms with E-state index in [1.807, 2.05) is 6.26 Å². The number of carbonyl (C=O) groups is 2. The molecule has 1 unspecified atom stereocenters. The fourth-order valence-corrected chi connectivity index (χ4v) is 1.73. The van der Waals surface area contributed by atoms with Gasteiger partial charge in [-0.15, -0.1) is 0 Å². The van der Waals surface area contributed by atoms with Crippen LogP contribution in [-0.4, -0.2) is 35.2 Å². The first-order chi connectivity index (χ1) is 9.02. The molecule has 0 aliphatic carbocycles. The van der Waals surface area contributed by atoms with E-state index in [0.29, 0.717) is 17.5 Å². The number of carboxylic acids is 1. The second kappa shape index (κ2) is 7.68. The predicted molar refractivity (Wildman–Crippen MR) is 78.0 cm³/mol. The first-order valence-corrected chi connectivity index (χ1v) is 7.22. The zero-order chi connectivity index (χ0) is 14.3. The molecule has 3 N–H and O–H groups in total. The second-order valence-corrected chi connectivity index (χ2v) is 5.37. The molecule has 2 amide bonds. The Morgan fingerprint density at radius 3 is 2.47 bits per heavy atom. The topological polar surface area (TPSA) is 78.4 Å². The summed E-state index contributed by atoms with van der Waals surface area (Å²) < 4.78 is 0. The molecule has 1 rings (SSSR count). The van der Waals surface area contributed by atoms with Crippen LogP contribution in [0.5, 0.6) is 0 Å². The molecule has 0 spiro atoms. The summed E-state index contributed by atoms with van der Waals surface area (Å²) in [6.45, 7) is 2.72. The molecule has 1 atom stereocenters. The van der Waals surface area contributed by atoms with E-state index in [1.54, 1.807) is 23.9 Å². The van der Waals surface area contributed by atoms with Gasteiger partial charge in [-0.1, -0.05) is 6.92 Å². The van der Waals surface area contributed by atoms with Crippen molar-refractivity contribution in [2.24, 2.45) is 0 Å². The number of aromatic carboxylic acids is 1. The number of carboxylic acid groups (broad SMARTS) is 1. The molecule has 0 saturated carbocycles. The Bertz CT molecular complexity index is 434. The monoisotopic (exact) mass is 282 g/mol. The highest BCUT2D eigenvalue weighted by Gasteiger charge is 2.05. The number of rotatable bonds is 6. The van der Waals surface area contributed by atoms with E-state index in [-0.39, 0.29) is 11.6 Å². The van der Waals surface area contributed by atoms with Crippen LogP contribution in [-0.2, 0) is 0 Å². The Kier molecular flexibility index (Phi) is 6.21. The van der Waals surface area contributed by atoms with Gasteiger partial charge in [0, 0.05) is 17.5 Å². The summed E-state index contributed by atoms with van der Waals surface area (Å²) in [5.41, 5.74) is 0.764. The van der Waals surface area contributed by atoms with Crippen LogP contribution in [0.15, 0.2) is 24.3 Å². The van der Waals surface area contributed by atoms with Gasteiger partial charge in [0.05, 0.1) is 5.56 Å². The summed E-state index contributed by atoms with van der Waals surface area (Å²) in [7, 11) is 0. The van der Waals surface area contributed by atoms with Crippen LogP contribution in [0, 0.1) is 0 Å². The minimum absolute atomic E-state index is 0.194. The van der Waals surface area contributed by atoms with E-state index in [4.69, 9.17) is 5.11 Å². The Labute approximate surface area is 116 Å². The Morgan fingerprint density at radius 1 is 1.32 bits per heavy atom. The van der Waals surface area contributed by atoms with Crippen molar-refractivity contribution >= 4 is 29.4 Å². The number of benzene rings is 1. The lowest BCUT2D eigenvalue weighted by atomic mass is 10.2. The molecule has 0 aliphatic heterocycles. The first-order valence-electron chi connectivity index (χ1n) is 5.94. The van der Waals surface area contributed by atoms with Gasteiger partial charge in [0.2, 0.25) is 0 Å². The smallest absolute Gasteiger partial charge is 0.335 e. The molecule has 0 fully saturated rings. The maximum Gasteiger partial charge on any atom is 0.335 e. The molecule has 6 heteroatoms. The number of hydrogen-bond donors (Lipinski definition) is 3. The van der Waals surface area contributed by atoms with Crippen LogP contribution in [0.2, 0.25) is 0 Å². The van der Waals surface area contributed by atoms with Gasteiger partial charge in [-0.05, 0) is 36.9 Å². The molecule has 0 bridgehead atoms. The van der Waals surface area contributed by atoms with Gasteiger partial charge >= 0.3 is 12.0 Å². The van der Waals surface area contributed by atoms with E-state index < -0.39 is 5.97 Å². The lowest BCUT2D eigenvalue weighted by Gasteiger charge is -2.10. The fraction of sp³-hybridized carbons (Fsp3) is 0.385. The largest absolute Gasteiger partial charge is 0.478 e. The van der Waals surface area contributed by atoms with E-state index in [1.165, 1.54) is 12.1 Å². The average molecular weight is 282 g/mol. The number of hydrogen-bond acceptors (Lipinski definition) is 3. The molecule has 1 aromatic carbocycles. The molecule has 0 aromatic heterocycles. The van der Waals surface area contributed by atoms with Gasteiger partial charge in [0.15, 0.2) is 0 Å². The lowest BCUT2D eigenvalue weighted by molar-refractivity contribution is 0.0697. The van der Waals surface area contributed by atoms with Crippen LogP contribution in [0.4, 0.5) is 10.5 Å². The van der Waals surface area contributed by atoms with Gasteiger partial charge in [-0.25, -0.2) is 9.59 Å². The van der Waals surface area contributed by atoms with E-state index in [0.717, 1.165) is 6.42 Å². The molecule has 19 heavy (non-hydrogen) atoms. The maximum absolute atomic E-state index is 11.6. The zero-order valence-electron chi connectivity index (χ0n) is 11.0. The highest BCUT2D eigenvalue weighted by atomic mass is 32.2. The number of urea groups is 1. The number of carbonyl (C=O) groups excluding carboxylic acids is 1. The minimum Gasteiger partial charge on any atom is -0.478 e. The predicted octanol–water partition coefficient (Wildman–Crippen LogP) is 2.65. The van der Waals surface area contributed by atoms with Gasteiger partial charge in [0.25, 0.3) is 0 Å². The molecule has 1 aromatic rings. The summed E-state index contributed by atoms with van der Waals surface area (Å²) in [4.78, 5) is 22.2. The Hall–Kier alpha value is -1.69. The minimum atomic E-state index is -0.984. The summed E-state index contributed by atoms with van der Waals surface area (Å²) >= 11 is 1.76. The molecule has 0 heterocycles. The van der Waals surface area contributed by atoms with Crippen molar-refractivity contribution in [3.8, 4) is 0 Å². The highest BCUT2D eigenvalue weighted by molar-refractivity contribution is 7.99. The van der Waals surface area contributed by atoms with Crippen molar-refractivity contribution in [3.63, 3.8) is 0 Å². The third-order valence-electron chi connectivity index (χ3n) is 2.63. The van der Waals surface area contributed by atoms with Crippen molar-refractivity contribution in [1.29, 1.82) is 0 Å². The Morgan fingerprint density at radius 2 is 1.95 bits per heavy atom. The average Bonchev–Trinajstić information content (AvgIpc) is 2.39. The molecule has 5 nitrogen and oxygen atoms in total. The molecule has 0 saturated heterocycles. The van der Waals surface area contributed by atoms with E-state index in [9.17, 15) is 9.59 Å². The molecule has 104 valence electrons.